The third kappa shape index (κ3) is 2.23. The fourth-order valence-corrected chi connectivity index (χ4v) is 4.10. The lowest BCUT2D eigenvalue weighted by molar-refractivity contribution is -0.117. The summed E-state index contributed by atoms with van der Waals surface area (Å²) >= 11 is 6.45. The van der Waals surface area contributed by atoms with Crippen molar-refractivity contribution in [3.63, 3.8) is 0 Å². The second-order valence-corrected chi connectivity index (χ2v) is 7.28. The van der Waals surface area contributed by atoms with E-state index in [2.05, 4.69) is 20.9 Å². The second-order valence-electron chi connectivity index (χ2n) is 3.98. The van der Waals surface area contributed by atoms with E-state index in [1.807, 2.05) is 17.5 Å². The molecule has 0 radical (unpaired) electrons. The Bertz CT molecular complexity index is 595. The highest BCUT2D eigenvalue weighted by Crippen LogP contribution is 2.35. The van der Waals surface area contributed by atoms with Gasteiger partial charge in [-0.05, 0) is 28.1 Å². The molecule has 1 fully saturated rings. The first-order valence-electron chi connectivity index (χ1n) is 5.33. The molecule has 3 heterocycles. The molecule has 94 valence electrons. The molecule has 0 aliphatic carbocycles. The highest BCUT2D eigenvalue weighted by molar-refractivity contribution is 9.11. The number of hydrogen-bond donors (Lipinski definition) is 1. The zero-order valence-corrected chi connectivity index (χ0v) is 12.4. The van der Waals surface area contributed by atoms with Crippen LogP contribution in [0.1, 0.15) is 6.42 Å². The van der Waals surface area contributed by atoms with Crippen LogP contribution in [0.4, 0.5) is 5.13 Å². The van der Waals surface area contributed by atoms with E-state index >= 15 is 0 Å². The summed E-state index contributed by atoms with van der Waals surface area (Å²) in [4.78, 5) is 18.7. The van der Waals surface area contributed by atoms with Gasteiger partial charge in [0.25, 0.3) is 0 Å². The van der Waals surface area contributed by atoms with Crippen molar-refractivity contribution in [2.45, 2.75) is 12.5 Å². The number of rotatable bonds is 2. The molecule has 2 aromatic rings. The van der Waals surface area contributed by atoms with Gasteiger partial charge in [-0.1, -0.05) is 0 Å². The number of nitrogens with zero attached hydrogens (tertiary/aromatic N) is 2. The maximum atomic E-state index is 11.7. The van der Waals surface area contributed by atoms with Crippen molar-refractivity contribution in [2.24, 2.45) is 0 Å². The maximum Gasteiger partial charge on any atom is 0.231 e. The summed E-state index contributed by atoms with van der Waals surface area (Å²) in [5.74, 6) is -0.0595. The molecule has 1 atom stereocenters. The number of carbonyl (C=O) groups is 1. The van der Waals surface area contributed by atoms with Crippen molar-refractivity contribution < 1.29 is 9.90 Å². The fourth-order valence-electron chi connectivity index (χ4n) is 1.83. The van der Waals surface area contributed by atoms with Gasteiger partial charge in [0.15, 0.2) is 5.13 Å². The Morgan fingerprint density at radius 1 is 1.50 bits per heavy atom. The quantitative estimate of drug-likeness (QED) is 0.911. The predicted molar refractivity (Wildman–Crippen MR) is 76.1 cm³/mol. The Kier molecular flexibility index (Phi) is 3.23. The van der Waals surface area contributed by atoms with E-state index in [1.165, 1.54) is 11.3 Å². The highest BCUT2D eigenvalue weighted by Gasteiger charge is 2.31. The summed E-state index contributed by atoms with van der Waals surface area (Å²) in [5, 5.41) is 12.1. The molecule has 0 spiro atoms. The monoisotopic (exact) mass is 344 g/mol. The molecule has 1 unspecified atom stereocenters. The van der Waals surface area contributed by atoms with Crippen molar-refractivity contribution in [2.75, 3.05) is 11.4 Å². The van der Waals surface area contributed by atoms with Gasteiger partial charge >= 0.3 is 0 Å². The van der Waals surface area contributed by atoms with E-state index < -0.39 is 6.10 Å². The SMILES string of the molecule is O=C1CC(O)CN1c1nc(-c2ccc(Br)s2)cs1. The zero-order chi connectivity index (χ0) is 12.7. The van der Waals surface area contributed by atoms with E-state index in [4.69, 9.17) is 0 Å². The van der Waals surface area contributed by atoms with Crippen molar-refractivity contribution in [1.29, 1.82) is 0 Å². The van der Waals surface area contributed by atoms with Gasteiger partial charge in [-0.15, -0.1) is 22.7 Å². The van der Waals surface area contributed by atoms with Gasteiger partial charge in [0.1, 0.15) is 0 Å². The zero-order valence-electron chi connectivity index (χ0n) is 9.17. The Labute approximate surface area is 120 Å². The molecule has 0 bridgehead atoms. The van der Waals surface area contributed by atoms with Gasteiger partial charge in [0.2, 0.25) is 5.91 Å². The summed E-state index contributed by atoms with van der Waals surface area (Å²) in [5.41, 5.74) is 0.875. The van der Waals surface area contributed by atoms with Gasteiger partial charge in [-0.2, -0.15) is 0 Å². The number of thiophene rings is 1. The minimum Gasteiger partial charge on any atom is -0.391 e. The summed E-state index contributed by atoms with van der Waals surface area (Å²) < 4.78 is 1.06. The number of anilines is 1. The first-order valence-corrected chi connectivity index (χ1v) is 7.82. The number of aliphatic hydroxyl groups is 1. The van der Waals surface area contributed by atoms with Gasteiger partial charge in [-0.25, -0.2) is 4.98 Å². The normalized spacial score (nSPS) is 19.8. The van der Waals surface area contributed by atoms with Crippen LogP contribution < -0.4 is 4.90 Å². The van der Waals surface area contributed by atoms with Crippen molar-refractivity contribution in [1.82, 2.24) is 4.98 Å². The van der Waals surface area contributed by atoms with Gasteiger partial charge in [0.05, 0.1) is 33.4 Å². The number of halogens is 1. The standard InChI is InChI=1S/C11H9BrN2O2S2/c12-9-2-1-8(18-9)7-5-17-11(13-7)14-4-6(15)3-10(14)16/h1-2,5-6,15H,3-4H2. The van der Waals surface area contributed by atoms with Gasteiger partial charge < -0.3 is 5.11 Å². The van der Waals surface area contributed by atoms with Crippen molar-refractivity contribution >= 4 is 49.6 Å². The lowest BCUT2D eigenvalue weighted by atomic mass is 10.3. The molecule has 1 aliphatic heterocycles. The Morgan fingerprint density at radius 3 is 2.94 bits per heavy atom. The average molecular weight is 345 g/mol. The molecule has 0 aromatic carbocycles. The van der Waals surface area contributed by atoms with Gasteiger partial charge in [-0.3, -0.25) is 9.69 Å². The highest BCUT2D eigenvalue weighted by atomic mass is 79.9. The Balaban J connectivity index is 1.88. The number of carbonyl (C=O) groups excluding carboxylic acids is 1. The summed E-state index contributed by atoms with van der Waals surface area (Å²) in [7, 11) is 0. The number of β-amino-alcohol motifs (C(OH)–C–C–N with tert-alkyl or cyclic N) is 1. The predicted octanol–water partition coefficient (Wildman–Crippen LogP) is 2.73. The molecule has 4 nitrogen and oxygen atoms in total. The third-order valence-electron chi connectivity index (χ3n) is 2.65. The summed E-state index contributed by atoms with van der Waals surface area (Å²) in [6.45, 7) is 0.347. The van der Waals surface area contributed by atoms with Crippen LogP contribution in [-0.2, 0) is 4.79 Å². The van der Waals surface area contributed by atoms with Crippen LogP contribution in [0.25, 0.3) is 10.6 Å². The minimum atomic E-state index is -0.569. The summed E-state index contributed by atoms with van der Waals surface area (Å²) in [6, 6.07) is 3.97. The van der Waals surface area contributed by atoms with Crippen LogP contribution in [0.5, 0.6) is 0 Å². The maximum absolute atomic E-state index is 11.7. The summed E-state index contributed by atoms with van der Waals surface area (Å²) in [6.07, 6.45) is -0.375. The topological polar surface area (TPSA) is 53.4 Å². The molecule has 1 amide bonds. The molecule has 1 aliphatic rings. The number of aliphatic hydroxyl groups excluding tert-OH is 1. The fraction of sp³-hybridized carbons (Fsp3) is 0.273. The van der Waals surface area contributed by atoms with E-state index in [0.717, 1.165) is 14.4 Å². The smallest absolute Gasteiger partial charge is 0.231 e. The van der Waals surface area contributed by atoms with E-state index in [0.29, 0.717) is 11.7 Å². The third-order valence-corrected chi connectivity index (χ3v) is 5.16. The molecule has 2 aromatic heterocycles. The molecule has 0 saturated carbocycles. The Hall–Kier alpha value is -0.760. The molecule has 1 N–H and O–H groups in total. The first kappa shape index (κ1) is 12.3. The van der Waals surface area contributed by atoms with E-state index in [-0.39, 0.29) is 12.3 Å². The molecular weight excluding hydrogens is 336 g/mol. The van der Waals surface area contributed by atoms with Gasteiger partial charge in [0, 0.05) is 5.38 Å². The van der Waals surface area contributed by atoms with E-state index in [9.17, 15) is 9.90 Å². The largest absolute Gasteiger partial charge is 0.391 e. The number of hydrogen-bond acceptors (Lipinski definition) is 5. The lowest BCUT2D eigenvalue weighted by Crippen LogP contribution is -2.24. The second kappa shape index (κ2) is 4.73. The first-order chi connectivity index (χ1) is 8.63. The number of amides is 1. The molecule has 7 heteroatoms. The molecular formula is C11H9BrN2O2S2. The van der Waals surface area contributed by atoms with Crippen LogP contribution in [0, 0.1) is 0 Å². The lowest BCUT2D eigenvalue weighted by Gasteiger charge is -2.10. The van der Waals surface area contributed by atoms with Crippen LogP contribution in [0.2, 0.25) is 0 Å². The molecule has 18 heavy (non-hydrogen) atoms. The average Bonchev–Trinajstić information content (AvgIpc) is 2.98. The molecule has 1 saturated heterocycles. The number of thiazole rings is 1. The van der Waals surface area contributed by atoms with Crippen molar-refractivity contribution in [3.8, 4) is 10.6 Å². The van der Waals surface area contributed by atoms with Crippen LogP contribution in [0.3, 0.4) is 0 Å². The minimum absolute atomic E-state index is 0.0595. The Morgan fingerprint density at radius 2 is 2.33 bits per heavy atom. The van der Waals surface area contributed by atoms with Crippen LogP contribution in [0.15, 0.2) is 21.3 Å². The van der Waals surface area contributed by atoms with Crippen LogP contribution in [-0.4, -0.2) is 28.6 Å². The number of aromatic nitrogens is 1. The van der Waals surface area contributed by atoms with E-state index in [1.54, 1.807) is 16.2 Å². The van der Waals surface area contributed by atoms with Crippen molar-refractivity contribution in [3.05, 3.63) is 21.3 Å². The van der Waals surface area contributed by atoms with Crippen LogP contribution >= 0.6 is 38.6 Å². The molecule has 3 rings (SSSR count).